The van der Waals surface area contributed by atoms with E-state index < -0.39 is 0 Å². The minimum atomic E-state index is 0.200. The van der Waals surface area contributed by atoms with Gasteiger partial charge in [0, 0.05) is 18.4 Å². The second kappa shape index (κ2) is 5.69. The van der Waals surface area contributed by atoms with E-state index in [-0.39, 0.29) is 6.10 Å². The van der Waals surface area contributed by atoms with Gasteiger partial charge in [-0.05, 0) is 45.2 Å². The highest BCUT2D eigenvalue weighted by Crippen LogP contribution is 2.16. The third-order valence-electron chi connectivity index (χ3n) is 2.50. The Bertz CT molecular complexity index is 488. The number of nitrogens with one attached hydrogen (secondary N) is 1. The number of nitrogens with zero attached hydrogens (tertiary/aromatic N) is 2. The van der Waals surface area contributed by atoms with Gasteiger partial charge in [-0.1, -0.05) is 0 Å². The van der Waals surface area contributed by atoms with Gasteiger partial charge in [0.05, 0.1) is 18.1 Å². The molecule has 0 fully saturated rings. The van der Waals surface area contributed by atoms with Gasteiger partial charge >= 0.3 is 0 Å². The molecule has 1 aromatic heterocycles. The van der Waals surface area contributed by atoms with Crippen LogP contribution in [0.2, 0.25) is 0 Å². The van der Waals surface area contributed by atoms with Crippen LogP contribution in [-0.4, -0.2) is 22.7 Å². The molecule has 0 unspecified atom stereocenters. The van der Waals surface area contributed by atoms with Crippen LogP contribution in [0.5, 0.6) is 5.75 Å². The van der Waals surface area contributed by atoms with Crippen molar-refractivity contribution in [3.8, 4) is 11.4 Å². The molecule has 2 rings (SSSR count). The van der Waals surface area contributed by atoms with E-state index in [4.69, 9.17) is 4.74 Å². The molecule has 0 radical (unpaired) electrons. The molecule has 0 amide bonds. The highest BCUT2D eigenvalue weighted by Gasteiger charge is 2.01. The Kier molecular flexibility index (Phi) is 3.99. The largest absolute Gasteiger partial charge is 0.491 e. The van der Waals surface area contributed by atoms with Gasteiger partial charge in [0.2, 0.25) is 0 Å². The minimum absolute atomic E-state index is 0.200. The summed E-state index contributed by atoms with van der Waals surface area (Å²) in [4.78, 5) is 4.32. The molecule has 0 saturated carbocycles. The van der Waals surface area contributed by atoms with Crippen molar-refractivity contribution in [2.75, 3.05) is 7.05 Å². The molecule has 18 heavy (non-hydrogen) atoms. The standard InChI is InChI=1S/C14H19N3O/c1-11(2)18-14-6-4-13(5-7-14)17-9-12(8-15-3)16-10-17/h4-7,9-11,15H,8H2,1-3H3. The number of benzene rings is 1. The summed E-state index contributed by atoms with van der Waals surface area (Å²) in [7, 11) is 1.91. The molecule has 1 N–H and O–H groups in total. The monoisotopic (exact) mass is 245 g/mol. The van der Waals surface area contributed by atoms with Gasteiger partial charge in [-0.2, -0.15) is 0 Å². The normalized spacial score (nSPS) is 10.9. The number of rotatable bonds is 5. The molecule has 0 saturated heterocycles. The van der Waals surface area contributed by atoms with E-state index >= 15 is 0 Å². The zero-order valence-corrected chi connectivity index (χ0v) is 11.1. The van der Waals surface area contributed by atoms with E-state index in [1.54, 1.807) is 0 Å². The van der Waals surface area contributed by atoms with Crippen molar-refractivity contribution in [3.63, 3.8) is 0 Å². The summed E-state index contributed by atoms with van der Waals surface area (Å²) >= 11 is 0. The van der Waals surface area contributed by atoms with E-state index in [9.17, 15) is 0 Å². The fraction of sp³-hybridized carbons (Fsp3) is 0.357. The molecule has 0 aliphatic rings. The molecule has 1 heterocycles. The lowest BCUT2D eigenvalue weighted by Gasteiger charge is -2.10. The third kappa shape index (κ3) is 3.11. The van der Waals surface area contributed by atoms with Crippen LogP contribution >= 0.6 is 0 Å². The van der Waals surface area contributed by atoms with Gasteiger partial charge in [0.15, 0.2) is 0 Å². The lowest BCUT2D eigenvalue weighted by Crippen LogP contribution is -2.05. The zero-order chi connectivity index (χ0) is 13.0. The summed E-state index contributed by atoms with van der Waals surface area (Å²) in [5.41, 5.74) is 2.11. The van der Waals surface area contributed by atoms with Crippen LogP contribution in [-0.2, 0) is 6.54 Å². The van der Waals surface area contributed by atoms with Gasteiger partial charge in [-0.15, -0.1) is 0 Å². The summed E-state index contributed by atoms with van der Waals surface area (Å²) < 4.78 is 7.62. The highest BCUT2D eigenvalue weighted by atomic mass is 16.5. The second-order valence-electron chi connectivity index (χ2n) is 4.46. The molecule has 4 nitrogen and oxygen atoms in total. The maximum Gasteiger partial charge on any atom is 0.119 e. The second-order valence-corrected chi connectivity index (χ2v) is 4.46. The average Bonchev–Trinajstić information content (AvgIpc) is 2.78. The molecular formula is C14H19N3O. The molecule has 0 aliphatic carbocycles. The van der Waals surface area contributed by atoms with Gasteiger partial charge in [0.25, 0.3) is 0 Å². The predicted octanol–water partition coefficient (Wildman–Crippen LogP) is 2.38. The first-order valence-corrected chi connectivity index (χ1v) is 6.13. The maximum absolute atomic E-state index is 5.61. The van der Waals surface area contributed by atoms with Crippen molar-refractivity contribution in [1.82, 2.24) is 14.9 Å². The van der Waals surface area contributed by atoms with Crippen LogP contribution < -0.4 is 10.1 Å². The van der Waals surface area contributed by atoms with Crippen molar-refractivity contribution in [1.29, 1.82) is 0 Å². The van der Waals surface area contributed by atoms with Crippen LogP contribution in [0.1, 0.15) is 19.5 Å². The van der Waals surface area contributed by atoms with Crippen molar-refractivity contribution in [2.24, 2.45) is 0 Å². The molecule has 96 valence electrons. The van der Waals surface area contributed by atoms with Crippen LogP contribution in [0.3, 0.4) is 0 Å². The molecule has 2 aromatic rings. The first-order chi connectivity index (χ1) is 8.69. The Morgan fingerprint density at radius 3 is 2.61 bits per heavy atom. The van der Waals surface area contributed by atoms with E-state index in [1.807, 2.05) is 62.3 Å². The summed E-state index contributed by atoms with van der Waals surface area (Å²) in [6.45, 7) is 4.82. The molecular weight excluding hydrogens is 226 g/mol. The van der Waals surface area contributed by atoms with Gasteiger partial charge in [0.1, 0.15) is 5.75 Å². The molecule has 4 heteroatoms. The fourth-order valence-corrected chi connectivity index (χ4v) is 1.75. The third-order valence-corrected chi connectivity index (χ3v) is 2.50. The molecule has 0 bridgehead atoms. The van der Waals surface area contributed by atoms with Crippen LogP contribution in [0, 0.1) is 0 Å². The molecule has 0 aliphatic heterocycles. The summed E-state index contributed by atoms with van der Waals surface area (Å²) in [6.07, 6.45) is 4.05. The zero-order valence-electron chi connectivity index (χ0n) is 11.1. The Morgan fingerprint density at radius 2 is 2.00 bits per heavy atom. The van der Waals surface area contributed by atoms with Gasteiger partial charge < -0.3 is 14.6 Å². The lowest BCUT2D eigenvalue weighted by atomic mass is 10.3. The van der Waals surface area contributed by atoms with E-state index in [1.165, 1.54) is 0 Å². The molecule has 1 aromatic carbocycles. The van der Waals surface area contributed by atoms with Crippen molar-refractivity contribution in [2.45, 2.75) is 26.5 Å². The lowest BCUT2D eigenvalue weighted by molar-refractivity contribution is 0.242. The fourth-order valence-electron chi connectivity index (χ4n) is 1.75. The predicted molar refractivity (Wildman–Crippen MR) is 72.1 cm³/mol. The Morgan fingerprint density at radius 1 is 1.28 bits per heavy atom. The van der Waals surface area contributed by atoms with Crippen LogP contribution in [0.4, 0.5) is 0 Å². The smallest absolute Gasteiger partial charge is 0.119 e. The number of hydrogen-bond acceptors (Lipinski definition) is 3. The number of hydrogen-bond donors (Lipinski definition) is 1. The van der Waals surface area contributed by atoms with Crippen molar-refractivity contribution < 1.29 is 4.74 Å². The Balaban J connectivity index is 2.12. The molecule has 0 atom stereocenters. The molecule has 0 spiro atoms. The van der Waals surface area contributed by atoms with Crippen LogP contribution in [0.25, 0.3) is 5.69 Å². The van der Waals surface area contributed by atoms with Gasteiger partial charge in [-0.25, -0.2) is 4.98 Å². The van der Waals surface area contributed by atoms with Crippen LogP contribution in [0.15, 0.2) is 36.8 Å². The van der Waals surface area contributed by atoms with Crippen molar-refractivity contribution in [3.05, 3.63) is 42.5 Å². The quantitative estimate of drug-likeness (QED) is 0.879. The van der Waals surface area contributed by atoms with Crippen molar-refractivity contribution >= 4 is 0 Å². The number of imidazole rings is 1. The van der Waals surface area contributed by atoms with Gasteiger partial charge in [-0.3, -0.25) is 0 Å². The highest BCUT2D eigenvalue weighted by molar-refractivity contribution is 5.37. The first-order valence-electron chi connectivity index (χ1n) is 6.13. The summed E-state index contributed by atoms with van der Waals surface area (Å²) in [5.74, 6) is 0.893. The average molecular weight is 245 g/mol. The van der Waals surface area contributed by atoms with E-state index in [0.29, 0.717) is 0 Å². The van der Waals surface area contributed by atoms with E-state index in [0.717, 1.165) is 23.7 Å². The summed E-state index contributed by atoms with van der Waals surface area (Å²) in [6, 6.07) is 8.02. The minimum Gasteiger partial charge on any atom is -0.491 e. The summed E-state index contributed by atoms with van der Waals surface area (Å²) in [5, 5.41) is 3.08. The number of ether oxygens (including phenoxy) is 1. The first kappa shape index (κ1) is 12.6. The maximum atomic E-state index is 5.61. The Labute approximate surface area is 108 Å². The number of aromatic nitrogens is 2. The Hall–Kier alpha value is -1.81. The van der Waals surface area contributed by atoms with E-state index in [2.05, 4.69) is 10.3 Å². The topological polar surface area (TPSA) is 39.1 Å². The SMILES string of the molecule is CNCc1cn(-c2ccc(OC(C)C)cc2)cn1.